The summed E-state index contributed by atoms with van der Waals surface area (Å²) in [5.74, 6) is 1.15. The van der Waals surface area contributed by atoms with E-state index in [2.05, 4.69) is 15.3 Å². The van der Waals surface area contributed by atoms with Crippen molar-refractivity contribution in [2.24, 2.45) is 0 Å². The van der Waals surface area contributed by atoms with Gasteiger partial charge in [0.1, 0.15) is 6.33 Å². The molecule has 0 aliphatic heterocycles. The van der Waals surface area contributed by atoms with Gasteiger partial charge in [-0.05, 0) is 24.6 Å². The Hall–Kier alpha value is -3.68. The molecule has 0 radical (unpaired) electrons. The molecule has 8 nitrogen and oxygen atoms in total. The van der Waals surface area contributed by atoms with Gasteiger partial charge in [0.15, 0.2) is 22.7 Å². The van der Waals surface area contributed by atoms with Crippen LogP contribution in [0.1, 0.15) is 11.1 Å². The summed E-state index contributed by atoms with van der Waals surface area (Å²) in [5, 5.41) is 8.17. The Bertz CT molecular complexity index is 1190. The molecule has 2 aromatic heterocycles. The number of benzene rings is 2. The zero-order valence-electron chi connectivity index (χ0n) is 15.8. The lowest BCUT2D eigenvalue weighted by molar-refractivity contribution is 0.355. The van der Waals surface area contributed by atoms with E-state index in [1.54, 1.807) is 32.4 Å². The first kappa shape index (κ1) is 17.7. The second-order valence-corrected chi connectivity index (χ2v) is 6.38. The van der Waals surface area contributed by atoms with Gasteiger partial charge in [-0.15, -0.1) is 5.10 Å². The van der Waals surface area contributed by atoms with E-state index in [1.807, 2.05) is 31.2 Å². The van der Waals surface area contributed by atoms with Gasteiger partial charge in [0.25, 0.3) is 5.56 Å². The summed E-state index contributed by atoms with van der Waals surface area (Å²) in [6, 6.07) is 13.3. The van der Waals surface area contributed by atoms with Crippen LogP contribution in [0.5, 0.6) is 11.5 Å². The van der Waals surface area contributed by atoms with Crippen LogP contribution in [0.2, 0.25) is 0 Å². The molecule has 4 rings (SSSR count). The highest BCUT2D eigenvalue weighted by molar-refractivity contribution is 5.70. The van der Waals surface area contributed by atoms with Crippen molar-refractivity contribution in [1.82, 2.24) is 24.5 Å². The lowest BCUT2D eigenvalue weighted by atomic mass is 10.1. The van der Waals surface area contributed by atoms with Gasteiger partial charge in [-0.2, -0.15) is 4.68 Å². The minimum Gasteiger partial charge on any atom is -0.493 e. The van der Waals surface area contributed by atoms with Crippen molar-refractivity contribution in [3.8, 4) is 17.2 Å². The summed E-state index contributed by atoms with van der Waals surface area (Å²) < 4.78 is 13.6. The van der Waals surface area contributed by atoms with Gasteiger partial charge in [0.05, 0.1) is 26.5 Å². The molecule has 2 aromatic carbocycles. The van der Waals surface area contributed by atoms with Crippen LogP contribution in [-0.2, 0) is 6.54 Å². The van der Waals surface area contributed by atoms with Crippen LogP contribution in [0, 0.1) is 6.92 Å². The summed E-state index contributed by atoms with van der Waals surface area (Å²) in [7, 11) is 3.13. The van der Waals surface area contributed by atoms with E-state index in [-0.39, 0.29) is 11.1 Å². The molecule has 0 aliphatic carbocycles. The Morgan fingerprint density at radius 2 is 1.75 bits per heavy atom. The largest absolute Gasteiger partial charge is 0.493 e. The summed E-state index contributed by atoms with van der Waals surface area (Å²) in [5.41, 5.74) is 3.21. The van der Waals surface area contributed by atoms with E-state index < -0.39 is 0 Å². The zero-order chi connectivity index (χ0) is 19.7. The highest BCUT2D eigenvalue weighted by atomic mass is 16.5. The number of hydrogen-bond acceptors (Lipinski definition) is 6. The van der Waals surface area contributed by atoms with Gasteiger partial charge in [-0.3, -0.25) is 9.36 Å². The van der Waals surface area contributed by atoms with Crippen molar-refractivity contribution in [1.29, 1.82) is 0 Å². The number of hydrogen-bond donors (Lipinski definition) is 0. The van der Waals surface area contributed by atoms with Crippen molar-refractivity contribution in [2.45, 2.75) is 13.5 Å². The molecule has 0 saturated heterocycles. The van der Waals surface area contributed by atoms with Crippen molar-refractivity contribution < 1.29 is 9.47 Å². The summed E-state index contributed by atoms with van der Waals surface area (Å²) in [6.07, 6.45) is 1.52. The number of fused-ring (bicyclic) bond motifs is 1. The predicted octanol–water partition coefficient (Wildman–Crippen LogP) is 2.35. The van der Waals surface area contributed by atoms with Crippen LogP contribution in [-0.4, -0.2) is 38.8 Å². The van der Waals surface area contributed by atoms with E-state index in [0.717, 1.165) is 5.56 Å². The molecular weight excluding hydrogens is 358 g/mol. The minimum absolute atomic E-state index is 0.212. The molecule has 0 bridgehead atoms. The Morgan fingerprint density at radius 1 is 1.00 bits per heavy atom. The van der Waals surface area contributed by atoms with Crippen molar-refractivity contribution in [2.75, 3.05) is 14.2 Å². The smallest absolute Gasteiger partial charge is 0.283 e. The molecule has 0 fully saturated rings. The summed E-state index contributed by atoms with van der Waals surface area (Å²) >= 11 is 0. The van der Waals surface area contributed by atoms with E-state index in [9.17, 15) is 4.79 Å². The van der Waals surface area contributed by atoms with Crippen LogP contribution in [0.25, 0.3) is 16.9 Å². The number of aryl methyl sites for hydroxylation is 1. The lowest BCUT2D eigenvalue weighted by Crippen LogP contribution is -2.21. The maximum Gasteiger partial charge on any atom is 0.283 e. The third-order valence-corrected chi connectivity index (χ3v) is 4.51. The lowest BCUT2D eigenvalue weighted by Gasteiger charge is -2.09. The zero-order valence-corrected chi connectivity index (χ0v) is 15.8. The molecule has 4 aromatic rings. The van der Waals surface area contributed by atoms with E-state index in [1.165, 1.54) is 21.1 Å². The van der Waals surface area contributed by atoms with Gasteiger partial charge in [0.2, 0.25) is 0 Å². The number of methoxy groups -OCH3 is 2. The SMILES string of the molecule is COc1ccc(-n2nnc3c(=O)n(Cc4ccc(C)cc4)cnc32)cc1OC. The molecule has 0 aliphatic rings. The Kier molecular flexibility index (Phi) is 4.52. The third-order valence-electron chi connectivity index (χ3n) is 4.51. The molecule has 0 N–H and O–H groups in total. The fraction of sp³-hybridized carbons (Fsp3) is 0.200. The molecule has 142 valence electrons. The molecule has 0 unspecified atom stereocenters. The number of rotatable bonds is 5. The van der Waals surface area contributed by atoms with Gasteiger partial charge >= 0.3 is 0 Å². The van der Waals surface area contributed by atoms with Gasteiger partial charge in [0, 0.05) is 6.07 Å². The average molecular weight is 377 g/mol. The van der Waals surface area contributed by atoms with Crippen molar-refractivity contribution >= 4 is 11.2 Å². The topological polar surface area (TPSA) is 84.1 Å². The molecule has 0 saturated carbocycles. The third kappa shape index (κ3) is 3.09. The van der Waals surface area contributed by atoms with Crippen LogP contribution < -0.4 is 15.0 Å². The second kappa shape index (κ2) is 7.15. The fourth-order valence-corrected chi connectivity index (χ4v) is 2.98. The Balaban J connectivity index is 1.74. The molecule has 8 heteroatoms. The maximum absolute atomic E-state index is 12.8. The molecule has 0 amide bonds. The highest BCUT2D eigenvalue weighted by Gasteiger charge is 2.15. The number of nitrogens with zero attached hydrogens (tertiary/aromatic N) is 5. The number of aromatic nitrogens is 5. The summed E-state index contributed by atoms with van der Waals surface area (Å²) in [6.45, 7) is 2.45. The normalized spacial score (nSPS) is 11.0. The monoisotopic (exact) mass is 377 g/mol. The second-order valence-electron chi connectivity index (χ2n) is 6.38. The predicted molar refractivity (Wildman–Crippen MR) is 104 cm³/mol. The molecule has 0 spiro atoms. The van der Waals surface area contributed by atoms with Crippen molar-refractivity contribution in [3.63, 3.8) is 0 Å². The molecule has 0 atom stereocenters. The van der Waals surface area contributed by atoms with E-state index in [4.69, 9.17) is 9.47 Å². The molecule has 28 heavy (non-hydrogen) atoms. The Morgan fingerprint density at radius 3 is 2.46 bits per heavy atom. The first-order valence-electron chi connectivity index (χ1n) is 8.69. The Labute approximate surface area is 161 Å². The summed E-state index contributed by atoms with van der Waals surface area (Å²) in [4.78, 5) is 17.2. The quantitative estimate of drug-likeness (QED) is 0.531. The molecule has 2 heterocycles. The standard InChI is InChI=1S/C20H19N5O3/c1-13-4-6-14(7-5-13)11-24-12-21-19-18(20(24)26)22-23-25(19)15-8-9-16(27-2)17(10-15)28-3/h4-10,12H,11H2,1-3H3. The maximum atomic E-state index is 12.8. The van der Waals surface area contributed by atoms with Gasteiger partial charge in [-0.25, -0.2) is 4.98 Å². The molecular formula is C20H19N5O3. The first-order valence-corrected chi connectivity index (χ1v) is 8.69. The average Bonchev–Trinajstić information content (AvgIpc) is 3.16. The minimum atomic E-state index is -0.239. The van der Waals surface area contributed by atoms with Crippen LogP contribution in [0.3, 0.4) is 0 Å². The van der Waals surface area contributed by atoms with Crippen LogP contribution in [0.15, 0.2) is 53.6 Å². The van der Waals surface area contributed by atoms with Crippen molar-refractivity contribution in [3.05, 3.63) is 70.3 Å². The van der Waals surface area contributed by atoms with Crippen LogP contribution >= 0.6 is 0 Å². The number of ether oxygens (including phenoxy) is 2. The first-order chi connectivity index (χ1) is 13.6. The fourth-order valence-electron chi connectivity index (χ4n) is 2.98. The van der Waals surface area contributed by atoms with Gasteiger partial charge in [-0.1, -0.05) is 35.0 Å². The van der Waals surface area contributed by atoms with Crippen LogP contribution in [0.4, 0.5) is 0 Å². The van der Waals surface area contributed by atoms with E-state index >= 15 is 0 Å². The van der Waals surface area contributed by atoms with Gasteiger partial charge < -0.3 is 9.47 Å². The van der Waals surface area contributed by atoms with E-state index in [0.29, 0.717) is 29.4 Å². The highest BCUT2D eigenvalue weighted by Crippen LogP contribution is 2.29.